The Balaban J connectivity index is 1.98. The Morgan fingerprint density at radius 2 is 2.00 bits per heavy atom. The summed E-state index contributed by atoms with van der Waals surface area (Å²) < 4.78 is 5.73. The number of carbonyl (C=O) groups is 2. The molecule has 2 rings (SSSR count). The molecule has 0 heterocycles. The van der Waals surface area contributed by atoms with E-state index in [-0.39, 0.29) is 17.9 Å². The Bertz CT molecular complexity index is 348. The van der Waals surface area contributed by atoms with E-state index < -0.39 is 5.92 Å². The number of hydrogen-bond donors (Lipinski definition) is 0. The zero-order chi connectivity index (χ0) is 14.0. The van der Waals surface area contributed by atoms with Gasteiger partial charge in [-0.05, 0) is 43.4 Å². The van der Waals surface area contributed by atoms with Crippen molar-refractivity contribution in [3.8, 4) is 0 Å². The van der Waals surface area contributed by atoms with Gasteiger partial charge in [-0.15, -0.1) is 0 Å². The van der Waals surface area contributed by atoms with Crippen LogP contribution < -0.4 is 0 Å². The first-order valence-corrected chi connectivity index (χ1v) is 7.72. The van der Waals surface area contributed by atoms with Crippen molar-refractivity contribution < 1.29 is 14.3 Å². The van der Waals surface area contributed by atoms with Crippen LogP contribution >= 0.6 is 0 Å². The molecule has 0 radical (unpaired) electrons. The number of hydrogen-bond acceptors (Lipinski definition) is 3. The van der Waals surface area contributed by atoms with E-state index in [9.17, 15) is 9.59 Å². The molecule has 0 bridgehead atoms. The highest BCUT2D eigenvalue weighted by atomic mass is 16.5. The van der Waals surface area contributed by atoms with Gasteiger partial charge in [-0.25, -0.2) is 0 Å². The summed E-state index contributed by atoms with van der Waals surface area (Å²) in [6, 6.07) is 0. The van der Waals surface area contributed by atoms with Crippen molar-refractivity contribution in [2.45, 2.75) is 65.4 Å². The van der Waals surface area contributed by atoms with Crippen LogP contribution in [0.1, 0.15) is 59.3 Å². The molecule has 0 N–H and O–H groups in total. The molecule has 2 aliphatic rings. The molecule has 0 amide bonds. The van der Waals surface area contributed by atoms with Crippen molar-refractivity contribution in [2.24, 2.45) is 23.7 Å². The lowest BCUT2D eigenvalue weighted by Gasteiger charge is -2.37. The molecule has 3 nitrogen and oxygen atoms in total. The molecule has 19 heavy (non-hydrogen) atoms. The second-order valence-corrected chi connectivity index (χ2v) is 6.71. The quantitative estimate of drug-likeness (QED) is 0.581. The van der Waals surface area contributed by atoms with Gasteiger partial charge in [0.2, 0.25) is 0 Å². The first kappa shape index (κ1) is 14.5. The predicted octanol–water partition coefficient (Wildman–Crippen LogP) is 3.36. The molecule has 3 heteroatoms. The normalized spacial score (nSPS) is 35.7. The van der Waals surface area contributed by atoms with Crippen LogP contribution in [0.5, 0.6) is 0 Å². The number of rotatable bonds is 3. The molecule has 2 aliphatic carbocycles. The third-order valence-corrected chi connectivity index (χ3v) is 4.82. The van der Waals surface area contributed by atoms with Crippen LogP contribution in [0.25, 0.3) is 0 Å². The van der Waals surface area contributed by atoms with Crippen molar-refractivity contribution in [3.63, 3.8) is 0 Å². The van der Waals surface area contributed by atoms with Gasteiger partial charge in [0, 0.05) is 6.42 Å². The Kier molecular flexibility index (Phi) is 4.64. The summed E-state index contributed by atoms with van der Waals surface area (Å²) in [5, 5.41) is 0. The van der Waals surface area contributed by atoms with Crippen LogP contribution in [-0.2, 0) is 14.3 Å². The summed E-state index contributed by atoms with van der Waals surface area (Å²) in [5.41, 5.74) is 0. The number of Topliss-reactive ketones (excluding diaryl/α,β-unsaturated/α-hetero) is 1. The van der Waals surface area contributed by atoms with E-state index in [2.05, 4.69) is 20.8 Å². The van der Waals surface area contributed by atoms with Gasteiger partial charge in [0.25, 0.3) is 0 Å². The molecule has 0 saturated heterocycles. The Morgan fingerprint density at radius 1 is 1.26 bits per heavy atom. The van der Waals surface area contributed by atoms with Crippen molar-refractivity contribution in [2.75, 3.05) is 0 Å². The van der Waals surface area contributed by atoms with E-state index in [1.54, 1.807) is 0 Å². The van der Waals surface area contributed by atoms with E-state index in [1.807, 2.05) is 0 Å². The average molecular weight is 266 g/mol. The van der Waals surface area contributed by atoms with Crippen LogP contribution in [0, 0.1) is 23.7 Å². The van der Waals surface area contributed by atoms with Gasteiger partial charge in [0.1, 0.15) is 17.8 Å². The van der Waals surface area contributed by atoms with Crippen molar-refractivity contribution in [1.82, 2.24) is 0 Å². The van der Waals surface area contributed by atoms with Crippen LogP contribution in [0.3, 0.4) is 0 Å². The van der Waals surface area contributed by atoms with E-state index in [0.717, 1.165) is 19.3 Å². The van der Waals surface area contributed by atoms with Crippen LogP contribution in [0.4, 0.5) is 0 Å². The molecule has 108 valence electrons. The molecule has 4 atom stereocenters. The summed E-state index contributed by atoms with van der Waals surface area (Å²) in [5.74, 6) is 0.959. The maximum atomic E-state index is 12.2. The predicted molar refractivity (Wildman–Crippen MR) is 73.6 cm³/mol. The lowest BCUT2D eigenvalue weighted by Crippen LogP contribution is -2.37. The maximum Gasteiger partial charge on any atom is 0.316 e. The lowest BCUT2D eigenvalue weighted by molar-refractivity contribution is -0.162. The molecule has 0 aliphatic heterocycles. The monoisotopic (exact) mass is 266 g/mol. The highest BCUT2D eigenvalue weighted by molar-refractivity contribution is 6.00. The minimum absolute atomic E-state index is 0.0182. The van der Waals surface area contributed by atoms with E-state index >= 15 is 0 Å². The fourth-order valence-electron chi connectivity index (χ4n) is 3.55. The zero-order valence-corrected chi connectivity index (χ0v) is 12.4. The fraction of sp³-hybridized carbons (Fsp3) is 0.875. The zero-order valence-electron chi connectivity index (χ0n) is 12.4. The summed E-state index contributed by atoms with van der Waals surface area (Å²) >= 11 is 0. The van der Waals surface area contributed by atoms with E-state index in [4.69, 9.17) is 4.74 Å². The molecule has 2 fully saturated rings. The molecule has 2 saturated carbocycles. The summed E-state index contributed by atoms with van der Waals surface area (Å²) in [4.78, 5) is 23.8. The molecule has 1 unspecified atom stereocenters. The third kappa shape index (κ3) is 3.37. The minimum atomic E-state index is -0.468. The fourth-order valence-corrected chi connectivity index (χ4v) is 3.55. The van der Waals surface area contributed by atoms with Gasteiger partial charge in [-0.2, -0.15) is 0 Å². The van der Waals surface area contributed by atoms with Crippen LogP contribution in [0.2, 0.25) is 0 Å². The molecular weight excluding hydrogens is 240 g/mol. The number of ketones is 1. The highest BCUT2D eigenvalue weighted by Gasteiger charge is 2.38. The van der Waals surface area contributed by atoms with Gasteiger partial charge < -0.3 is 4.74 Å². The second-order valence-electron chi connectivity index (χ2n) is 6.71. The average Bonchev–Trinajstić information content (AvgIpc) is 2.75. The van der Waals surface area contributed by atoms with Gasteiger partial charge >= 0.3 is 5.97 Å². The Morgan fingerprint density at radius 3 is 2.58 bits per heavy atom. The Hall–Kier alpha value is -0.860. The van der Waals surface area contributed by atoms with Gasteiger partial charge in [-0.1, -0.05) is 27.2 Å². The molecular formula is C16H26O3. The van der Waals surface area contributed by atoms with Gasteiger partial charge in [-0.3, -0.25) is 9.59 Å². The first-order chi connectivity index (χ1) is 8.99. The number of esters is 1. The van der Waals surface area contributed by atoms with E-state index in [1.165, 1.54) is 6.42 Å². The minimum Gasteiger partial charge on any atom is -0.462 e. The van der Waals surface area contributed by atoms with Crippen LogP contribution in [0.15, 0.2) is 0 Å². The van der Waals surface area contributed by atoms with Crippen LogP contribution in [-0.4, -0.2) is 17.9 Å². The topological polar surface area (TPSA) is 43.4 Å². The lowest BCUT2D eigenvalue weighted by atomic mass is 9.75. The molecule has 0 aromatic carbocycles. The Labute approximate surface area is 116 Å². The highest BCUT2D eigenvalue weighted by Crippen LogP contribution is 2.36. The van der Waals surface area contributed by atoms with Gasteiger partial charge in [0.15, 0.2) is 0 Å². The maximum absolute atomic E-state index is 12.2. The third-order valence-electron chi connectivity index (χ3n) is 4.82. The standard InChI is InChI=1S/C16H26O3/c1-10(2)12-8-7-11(3)9-15(12)19-16(18)13-5-4-6-14(13)17/h10-13,15H,4-9H2,1-3H3/t11-,12+,13?,15-/m1/s1. The van der Waals surface area contributed by atoms with Crippen molar-refractivity contribution >= 4 is 11.8 Å². The number of ether oxygens (including phenoxy) is 1. The van der Waals surface area contributed by atoms with E-state index in [0.29, 0.717) is 30.6 Å². The number of carbonyl (C=O) groups excluding carboxylic acids is 2. The SMILES string of the molecule is CC(C)[C@@H]1CC[C@@H](C)C[C@H]1OC(=O)C1CCCC1=O. The second kappa shape index (κ2) is 6.06. The van der Waals surface area contributed by atoms with Gasteiger partial charge in [0.05, 0.1) is 0 Å². The van der Waals surface area contributed by atoms with Crippen molar-refractivity contribution in [1.29, 1.82) is 0 Å². The molecule has 0 aromatic rings. The summed E-state index contributed by atoms with van der Waals surface area (Å²) in [6.07, 6.45) is 5.41. The summed E-state index contributed by atoms with van der Waals surface area (Å²) in [7, 11) is 0. The van der Waals surface area contributed by atoms with Crippen molar-refractivity contribution in [3.05, 3.63) is 0 Å². The smallest absolute Gasteiger partial charge is 0.316 e. The molecule has 0 spiro atoms. The summed E-state index contributed by atoms with van der Waals surface area (Å²) in [6.45, 7) is 6.61. The molecule has 0 aromatic heterocycles. The first-order valence-electron chi connectivity index (χ1n) is 7.72. The largest absolute Gasteiger partial charge is 0.462 e.